The molecular weight excluding hydrogens is 482 g/mol. The van der Waals surface area contributed by atoms with Crippen molar-refractivity contribution in [2.24, 2.45) is 0 Å². The van der Waals surface area contributed by atoms with E-state index in [1.807, 2.05) is 41.8 Å². The molecule has 0 radical (unpaired) electrons. The Labute approximate surface area is 223 Å². The van der Waals surface area contributed by atoms with Gasteiger partial charge in [-0.1, -0.05) is 91.0 Å². The van der Waals surface area contributed by atoms with Crippen molar-refractivity contribution < 1.29 is 4.42 Å². The summed E-state index contributed by atoms with van der Waals surface area (Å²) < 4.78 is 8.92. The number of hydrogen-bond acceptors (Lipinski definition) is 3. The van der Waals surface area contributed by atoms with E-state index in [1.165, 1.54) is 36.9 Å². The van der Waals surface area contributed by atoms with Crippen LogP contribution in [-0.4, -0.2) is 4.98 Å². The van der Waals surface area contributed by atoms with Gasteiger partial charge in [0.25, 0.3) is 0 Å². The lowest BCUT2D eigenvalue weighted by Crippen LogP contribution is -1.86. The monoisotopic (exact) mass is 503 g/mol. The molecule has 178 valence electrons. The molecule has 3 heterocycles. The van der Waals surface area contributed by atoms with Gasteiger partial charge in [0.2, 0.25) is 0 Å². The Balaban J connectivity index is 1.25. The molecule has 5 aromatic carbocycles. The van der Waals surface area contributed by atoms with E-state index >= 15 is 0 Å². The zero-order valence-electron chi connectivity index (χ0n) is 20.4. The third kappa shape index (κ3) is 3.29. The zero-order valence-corrected chi connectivity index (χ0v) is 21.2. The molecular formula is C35H21NOS. The highest BCUT2D eigenvalue weighted by Gasteiger charge is 2.14. The van der Waals surface area contributed by atoms with E-state index in [-0.39, 0.29) is 0 Å². The van der Waals surface area contributed by atoms with Gasteiger partial charge in [-0.3, -0.25) is 4.98 Å². The van der Waals surface area contributed by atoms with Crippen LogP contribution >= 0.6 is 11.3 Å². The number of rotatable bonds is 3. The van der Waals surface area contributed by atoms with Gasteiger partial charge in [0.1, 0.15) is 11.3 Å². The second kappa shape index (κ2) is 8.41. The van der Waals surface area contributed by atoms with Gasteiger partial charge in [0.15, 0.2) is 5.58 Å². The van der Waals surface area contributed by atoms with Crippen LogP contribution in [0.3, 0.4) is 0 Å². The molecule has 3 aromatic heterocycles. The second-order valence-corrected chi connectivity index (χ2v) is 10.6. The van der Waals surface area contributed by atoms with Crippen molar-refractivity contribution in [3.8, 4) is 33.5 Å². The minimum atomic E-state index is 0.830. The molecule has 0 amide bonds. The summed E-state index contributed by atoms with van der Waals surface area (Å²) in [6.07, 6.45) is 1.87. The van der Waals surface area contributed by atoms with Gasteiger partial charge in [-0.15, -0.1) is 11.3 Å². The standard InChI is InChI=1S/C35H21NOS/c1-3-16-31-27(12-1)29-18-19-36-33(34(29)37-31)25-11-6-9-23(21-25)22-8-5-10-24(20-22)26-14-7-15-30-28-13-2-4-17-32(28)38-35(26)30/h1-21H. The van der Waals surface area contributed by atoms with Crippen LogP contribution in [0.5, 0.6) is 0 Å². The third-order valence-electron chi connectivity index (χ3n) is 7.34. The van der Waals surface area contributed by atoms with E-state index in [2.05, 4.69) is 97.1 Å². The highest BCUT2D eigenvalue weighted by atomic mass is 32.1. The lowest BCUT2D eigenvalue weighted by Gasteiger charge is -2.09. The molecule has 0 unspecified atom stereocenters. The fraction of sp³-hybridized carbons (Fsp3) is 0. The number of hydrogen-bond donors (Lipinski definition) is 0. The van der Waals surface area contributed by atoms with E-state index in [9.17, 15) is 0 Å². The summed E-state index contributed by atoms with van der Waals surface area (Å²) in [4.78, 5) is 4.73. The van der Waals surface area contributed by atoms with Gasteiger partial charge in [-0.2, -0.15) is 0 Å². The van der Waals surface area contributed by atoms with E-state index in [0.29, 0.717) is 0 Å². The molecule has 0 aliphatic rings. The number of para-hydroxylation sites is 1. The van der Waals surface area contributed by atoms with Crippen molar-refractivity contribution >= 4 is 53.4 Å². The maximum absolute atomic E-state index is 6.26. The SMILES string of the molecule is c1cc(-c2cccc(-c3cccc4c3sc3ccccc34)c2)cc(-c2nccc3c2oc2ccccc23)c1. The van der Waals surface area contributed by atoms with Crippen molar-refractivity contribution in [2.75, 3.05) is 0 Å². The number of pyridine rings is 1. The predicted octanol–water partition coefficient (Wildman–Crippen LogP) is 10.3. The highest BCUT2D eigenvalue weighted by molar-refractivity contribution is 7.26. The summed E-state index contributed by atoms with van der Waals surface area (Å²) in [5.74, 6) is 0. The van der Waals surface area contributed by atoms with Crippen molar-refractivity contribution in [3.05, 3.63) is 128 Å². The maximum atomic E-state index is 6.26. The van der Waals surface area contributed by atoms with Gasteiger partial charge < -0.3 is 4.42 Å². The lowest BCUT2D eigenvalue weighted by molar-refractivity contribution is 0.668. The predicted molar refractivity (Wildman–Crippen MR) is 161 cm³/mol. The quantitative estimate of drug-likeness (QED) is 0.240. The minimum Gasteiger partial charge on any atom is -0.454 e. The van der Waals surface area contributed by atoms with Crippen molar-refractivity contribution in [1.29, 1.82) is 0 Å². The van der Waals surface area contributed by atoms with Crippen LogP contribution in [0.25, 0.3) is 75.6 Å². The average molecular weight is 504 g/mol. The van der Waals surface area contributed by atoms with Crippen LogP contribution in [0.4, 0.5) is 0 Å². The van der Waals surface area contributed by atoms with Crippen LogP contribution in [0.15, 0.2) is 132 Å². The molecule has 0 spiro atoms. The minimum absolute atomic E-state index is 0.830. The number of aromatic nitrogens is 1. The summed E-state index contributed by atoms with van der Waals surface area (Å²) in [5, 5.41) is 4.85. The van der Waals surface area contributed by atoms with Crippen molar-refractivity contribution in [1.82, 2.24) is 4.98 Å². The highest BCUT2D eigenvalue weighted by Crippen LogP contribution is 2.41. The molecule has 0 N–H and O–H groups in total. The molecule has 0 fully saturated rings. The van der Waals surface area contributed by atoms with Crippen molar-refractivity contribution in [2.45, 2.75) is 0 Å². The third-order valence-corrected chi connectivity index (χ3v) is 8.56. The fourth-order valence-electron chi connectivity index (χ4n) is 5.54. The van der Waals surface area contributed by atoms with Gasteiger partial charge in [0, 0.05) is 42.7 Å². The molecule has 2 nitrogen and oxygen atoms in total. The maximum Gasteiger partial charge on any atom is 0.161 e. The Bertz CT molecular complexity index is 1990. The number of nitrogens with zero attached hydrogens (tertiary/aromatic N) is 1. The Morgan fingerprint density at radius 2 is 1.21 bits per heavy atom. The molecule has 0 atom stereocenters. The number of furan rings is 1. The number of benzene rings is 5. The second-order valence-electron chi connectivity index (χ2n) is 9.58. The topological polar surface area (TPSA) is 26.0 Å². The molecule has 8 aromatic rings. The van der Waals surface area contributed by atoms with Crippen LogP contribution < -0.4 is 0 Å². The summed E-state index contributed by atoms with van der Waals surface area (Å²) in [7, 11) is 0. The van der Waals surface area contributed by atoms with Gasteiger partial charge in [-0.05, 0) is 52.6 Å². The first kappa shape index (κ1) is 21.4. The Morgan fingerprint density at radius 1 is 0.526 bits per heavy atom. The average Bonchev–Trinajstić information content (AvgIpc) is 3.56. The Hall–Kier alpha value is -4.73. The molecule has 0 aliphatic carbocycles. The summed E-state index contributed by atoms with van der Waals surface area (Å²) in [6, 6.07) is 43.0. The molecule has 0 saturated heterocycles. The summed E-state index contributed by atoms with van der Waals surface area (Å²) in [6.45, 7) is 0. The zero-order chi connectivity index (χ0) is 25.1. The Kier molecular flexibility index (Phi) is 4.73. The molecule has 8 rings (SSSR count). The normalized spacial score (nSPS) is 11.7. The Morgan fingerprint density at radius 3 is 2.11 bits per heavy atom. The van der Waals surface area contributed by atoms with E-state index in [0.717, 1.165) is 38.8 Å². The smallest absolute Gasteiger partial charge is 0.161 e. The summed E-state index contributed by atoms with van der Waals surface area (Å²) >= 11 is 1.87. The molecule has 0 bridgehead atoms. The first-order valence-corrected chi connectivity index (χ1v) is 13.5. The van der Waals surface area contributed by atoms with Crippen LogP contribution in [0.2, 0.25) is 0 Å². The summed E-state index contributed by atoms with van der Waals surface area (Å²) in [5.41, 5.74) is 8.46. The lowest BCUT2D eigenvalue weighted by atomic mass is 9.96. The van der Waals surface area contributed by atoms with Crippen LogP contribution in [0.1, 0.15) is 0 Å². The molecule has 0 aliphatic heterocycles. The van der Waals surface area contributed by atoms with Gasteiger partial charge >= 0.3 is 0 Å². The van der Waals surface area contributed by atoms with E-state index < -0.39 is 0 Å². The van der Waals surface area contributed by atoms with Gasteiger partial charge in [-0.25, -0.2) is 0 Å². The van der Waals surface area contributed by atoms with E-state index in [4.69, 9.17) is 9.40 Å². The van der Waals surface area contributed by atoms with Crippen LogP contribution in [-0.2, 0) is 0 Å². The van der Waals surface area contributed by atoms with Crippen molar-refractivity contribution in [3.63, 3.8) is 0 Å². The van der Waals surface area contributed by atoms with Crippen LogP contribution in [0, 0.1) is 0 Å². The molecule has 38 heavy (non-hydrogen) atoms. The molecule has 3 heteroatoms. The first-order valence-electron chi connectivity index (χ1n) is 12.7. The fourth-order valence-corrected chi connectivity index (χ4v) is 6.78. The number of fused-ring (bicyclic) bond motifs is 6. The number of thiophene rings is 1. The largest absolute Gasteiger partial charge is 0.454 e. The van der Waals surface area contributed by atoms with Gasteiger partial charge in [0.05, 0.1) is 0 Å². The first-order chi connectivity index (χ1) is 18.8. The van der Waals surface area contributed by atoms with E-state index in [1.54, 1.807) is 0 Å². The molecule has 0 saturated carbocycles.